The Hall–Kier alpha value is -4.62. The van der Waals surface area contributed by atoms with Crippen molar-refractivity contribution in [2.45, 2.75) is 25.9 Å². The lowest BCUT2D eigenvalue weighted by atomic mass is 9.96. The van der Waals surface area contributed by atoms with Crippen LogP contribution in [-0.4, -0.2) is 21.8 Å². The molecule has 200 valence electrons. The van der Waals surface area contributed by atoms with E-state index in [-0.39, 0.29) is 12.1 Å². The second-order valence-electron chi connectivity index (χ2n) is 9.77. The first-order valence-corrected chi connectivity index (χ1v) is 13.6. The number of thiocarbonyl (C=S) groups is 1. The zero-order valence-electron chi connectivity index (χ0n) is 22.6. The first-order valence-electron chi connectivity index (χ1n) is 13.2. The molecule has 0 aliphatic carbocycles. The number of pyridine rings is 1. The number of methoxy groups -OCH3 is 1. The Labute approximate surface area is 239 Å². The van der Waals surface area contributed by atoms with E-state index in [1.807, 2.05) is 60.8 Å². The summed E-state index contributed by atoms with van der Waals surface area (Å²) in [4.78, 5) is 6.90. The predicted molar refractivity (Wildman–Crippen MR) is 163 cm³/mol. The van der Waals surface area contributed by atoms with E-state index in [1.54, 1.807) is 7.11 Å². The van der Waals surface area contributed by atoms with Crippen LogP contribution in [0.5, 0.6) is 17.2 Å². The van der Waals surface area contributed by atoms with E-state index in [2.05, 4.69) is 77.2 Å². The van der Waals surface area contributed by atoms with Crippen molar-refractivity contribution >= 4 is 23.0 Å². The van der Waals surface area contributed by atoms with Crippen molar-refractivity contribution in [1.82, 2.24) is 14.9 Å². The van der Waals surface area contributed by atoms with E-state index in [1.165, 1.54) is 17.0 Å². The molecule has 0 radical (unpaired) electrons. The van der Waals surface area contributed by atoms with Crippen LogP contribution in [0.1, 0.15) is 34.7 Å². The molecule has 0 unspecified atom stereocenters. The Morgan fingerprint density at radius 1 is 0.775 bits per heavy atom. The van der Waals surface area contributed by atoms with E-state index in [0.29, 0.717) is 5.11 Å². The van der Waals surface area contributed by atoms with Gasteiger partial charge in [0.25, 0.3) is 0 Å². The lowest BCUT2D eigenvalue weighted by molar-refractivity contribution is 0.413. The summed E-state index contributed by atoms with van der Waals surface area (Å²) in [5.74, 6) is 2.28. The highest BCUT2D eigenvalue weighted by Gasteiger charge is 2.42. The van der Waals surface area contributed by atoms with Crippen LogP contribution in [0.4, 0.5) is 5.69 Å². The van der Waals surface area contributed by atoms with Crippen LogP contribution in [0.3, 0.4) is 0 Å². The van der Waals surface area contributed by atoms with Gasteiger partial charge >= 0.3 is 0 Å². The Bertz CT molecular complexity index is 1620. The standard InChI is InChI=1S/C33H30N4O2S/c1-22-21-29(23(2)36(22)24-9-5-4-6-10-24)32-31(30-11-7-8-20-34-30)35-33(40)37(32)25-12-14-27(15-13-25)39-28-18-16-26(38-3)17-19-28/h4-21,31-32H,1-3H3,(H,35,40)/t31-,32+/m1/s1. The molecule has 6 nitrogen and oxygen atoms in total. The summed E-state index contributed by atoms with van der Waals surface area (Å²) in [5.41, 5.74) is 6.60. The first-order chi connectivity index (χ1) is 19.5. The lowest BCUT2D eigenvalue weighted by Gasteiger charge is -2.28. The van der Waals surface area contributed by atoms with Crippen molar-refractivity contribution in [1.29, 1.82) is 0 Å². The molecular weight excluding hydrogens is 516 g/mol. The fourth-order valence-electron chi connectivity index (χ4n) is 5.47. The number of ether oxygens (including phenoxy) is 2. The molecule has 1 aliphatic rings. The molecule has 40 heavy (non-hydrogen) atoms. The van der Waals surface area contributed by atoms with Gasteiger partial charge in [0.15, 0.2) is 5.11 Å². The fourth-order valence-corrected chi connectivity index (χ4v) is 5.81. The van der Waals surface area contributed by atoms with Crippen LogP contribution in [0, 0.1) is 13.8 Å². The van der Waals surface area contributed by atoms with Gasteiger partial charge in [0.2, 0.25) is 0 Å². The summed E-state index contributed by atoms with van der Waals surface area (Å²) in [6, 6.07) is 34.1. The molecule has 1 fully saturated rings. The van der Waals surface area contributed by atoms with E-state index >= 15 is 0 Å². The minimum Gasteiger partial charge on any atom is -0.497 e. The summed E-state index contributed by atoms with van der Waals surface area (Å²) < 4.78 is 13.6. The quantitative estimate of drug-likeness (QED) is 0.214. The zero-order valence-corrected chi connectivity index (χ0v) is 23.4. The van der Waals surface area contributed by atoms with Gasteiger partial charge in [-0.25, -0.2) is 0 Å². The topological polar surface area (TPSA) is 51.6 Å². The maximum absolute atomic E-state index is 6.08. The second kappa shape index (κ2) is 10.9. The van der Waals surface area contributed by atoms with Crippen molar-refractivity contribution < 1.29 is 9.47 Å². The number of para-hydroxylation sites is 1. The number of nitrogens with one attached hydrogen (secondary N) is 1. The molecule has 3 aromatic carbocycles. The van der Waals surface area contributed by atoms with E-state index < -0.39 is 0 Å². The summed E-state index contributed by atoms with van der Waals surface area (Å²) >= 11 is 5.95. The molecule has 7 heteroatoms. The SMILES string of the molecule is COc1ccc(Oc2ccc(N3C(=S)N[C@H](c4ccccn4)[C@@H]3c3cc(C)n(-c4ccccc4)c3C)cc2)cc1. The third kappa shape index (κ3) is 4.80. The predicted octanol–water partition coefficient (Wildman–Crippen LogP) is 7.47. The van der Waals surface area contributed by atoms with Crippen LogP contribution in [0.15, 0.2) is 109 Å². The average molecular weight is 547 g/mol. The second-order valence-corrected chi connectivity index (χ2v) is 10.2. The number of hydrogen-bond acceptors (Lipinski definition) is 4. The average Bonchev–Trinajstić information content (AvgIpc) is 3.49. The van der Waals surface area contributed by atoms with Gasteiger partial charge in [0.1, 0.15) is 17.2 Å². The summed E-state index contributed by atoms with van der Waals surface area (Å²) in [7, 11) is 1.65. The minimum absolute atomic E-state index is 0.0978. The largest absolute Gasteiger partial charge is 0.497 e. The van der Waals surface area contributed by atoms with Crippen molar-refractivity contribution in [2.75, 3.05) is 12.0 Å². The molecule has 3 heterocycles. The van der Waals surface area contributed by atoms with E-state index in [4.69, 9.17) is 26.7 Å². The highest BCUT2D eigenvalue weighted by atomic mass is 32.1. The van der Waals surface area contributed by atoms with Gasteiger partial charge in [0, 0.05) is 29.0 Å². The van der Waals surface area contributed by atoms with Crippen LogP contribution in [0.25, 0.3) is 5.69 Å². The van der Waals surface area contributed by atoms with Crippen LogP contribution >= 0.6 is 12.2 Å². The van der Waals surface area contributed by atoms with Gasteiger partial charge in [-0.15, -0.1) is 0 Å². The molecule has 1 saturated heterocycles. The van der Waals surface area contributed by atoms with Crippen molar-refractivity contribution in [3.05, 3.63) is 132 Å². The monoisotopic (exact) mass is 546 g/mol. The third-order valence-corrected chi connectivity index (χ3v) is 7.63. The summed E-state index contributed by atoms with van der Waals surface area (Å²) in [5, 5.41) is 4.23. The van der Waals surface area contributed by atoms with Gasteiger partial charge < -0.3 is 24.3 Å². The summed E-state index contributed by atoms with van der Waals surface area (Å²) in [6.45, 7) is 4.33. The van der Waals surface area contributed by atoms with Crippen molar-refractivity contribution in [3.8, 4) is 22.9 Å². The minimum atomic E-state index is -0.117. The number of aryl methyl sites for hydroxylation is 1. The number of nitrogens with zero attached hydrogens (tertiary/aromatic N) is 3. The van der Waals surface area contributed by atoms with Crippen molar-refractivity contribution in [2.24, 2.45) is 0 Å². The molecule has 6 rings (SSSR count). The zero-order chi connectivity index (χ0) is 27.6. The van der Waals surface area contributed by atoms with Gasteiger partial charge in [-0.05, 0) is 110 Å². The molecule has 1 aliphatic heterocycles. The van der Waals surface area contributed by atoms with Gasteiger partial charge in [-0.1, -0.05) is 24.3 Å². The highest BCUT2D eigenvalue weighted by molar-refractivity contribution is 7.80. The van der Waals surface area contributed by atoms with Gasteiger partial charge in [0.05, 0.1) is 24.9 Å². The molecule has 2 aromatic heterocycles. The number of benzene rings is 3. The molecule has 0 amide bonds. The van der Waals surface area contributed by atoms with Crippen LogP contribution < -0.4 is 19.7 Å². The molecule has 2 atom stereocenters. The van der Waals surface area contributed by atoms with Gasteiger partial charge in [-0.2, -0.15) is 0 Å². The fraction of sp³-hybridized carbons (Fsp3) is 0.152. The molecule has 5 aromatic rings. The van der Waals surface area contributed by atoms with E-state index in [9.17, 15) is 0 Å². The number of rotatable bonds is 7. The normalized spacial score (nSPS) is 16.6. The number of hydrogen-bond donors (Lipinski definition) is 1. The Kier molecular flexibility index (Phi) is 6.97. The summed E-state index contributed by atoms with van der Waals surface area (Å²) in [6.07, 6.45) is 1.83. The molecular formula is C33H30N4O2S. The highest BCUT2D eigenvalue weighted by Crippen LogP contribution is 2.44. The van der Waals surface area contributed by atoms with Crippen LogP contribution in [-0.2, 0) is 0 Å². The Balaban J connectivity index is 1.38. The first kappa shape index (κ1) is 25.6. The van der Waals surface area contributed by atoms with E-state index in [0.717, 1.165) is 34.3 Å². The molecule has 0 saturated carbocycles. The van der Waals surface area contributed by atoms with Gasteiger partial charge in [-0.3, -0.25) is 4.98 Å². The molecule has 0 spiro atoms. The maximum Gasteiger partial charge on any atom is 0.174 e. The lowest BCUT2D eigenvalue weighted by Crippen LogP contribution is -2.29. The maximum atomic E-state index is 6.08. The smallest absolute Gasteiger partial charge is 0.174 e. The Morgan fingerprint density at radius 2 is 1.43 bits per heavy atom. The Morgan fingerprint density at radius 3 is 2.08 bits per heavy atom. The number of anilines is 1. The van der Waals surface area contributed by atoms with Crippen molar-refractivity contribution in [3.63, 3.8) is 0 Å². The van der Waals surface area contributed by atoms with Crippen LogP contribution in [0.2, 0.25) is 0 Å². The number of aromatic nitrogens is 2. The third-order valence-electron chi connectivity index (χ3n) is 7.31. The molecule has 0 bridgehead atoms. The molecule has 1 N–H and O–H groups in total.